The number of hydrogen-bond donors (Lipinski definition) is 0. The average Bonchev–Trinajstić information content (AvgIpc) is 1.65. The molecule has 18 nitrogen and oxygen atoms in total. The number of rotatable bonds is 18. The van der Waals surface area contributed by atoms with Gasteiger partial charge in [-0.25, -0.2) is 0 Å². The standard InChI is InChI=1S/C16H22ClN3O2.C15H21N3.C15H24N2.C11H18N2O.C11H17NS.C10H17N3O.3CH4/c1-12(2)19-7-9-20(10-8-19)16(22)4-3-15(21)14-11-13(17)5-6-18-14;1-13(2)17-8-9-18(15(10-16)12-17)11-14-6-4-3-5-7-14;1-14(2)17-12-10-16(11-13-17)9-8-15-6-4-3-5-7-15;1-8(2)13-6-4-5-11(13)10-7-9(3)14-12-10;1-9(2)12-7-3-5-10(12)11-6-4-8-13-11;1-7(2)13-6-4-5-9(13)10-11-8(3)14-12-10;;;/h5-6,11-12H,3-4,7-10H2,1-2H3;3-7,13,15H,8-9,11-12H2,1-2H3;3-7,14H,8-13H2,1-2H3;7-8,11H,4-6H2,1-3H3;4,6,8-10H,3,5,7H2,1-2H3;7,9H,4-6H2,1-3H3;3*1H4. The van der Waals surface area contributed by atoms with Crippen molar-refractivity contribution in [2.75, 3.05) is 98.2 Å². The molecule has 20 heteroatoms. The summed E-state index contributed by atoms with van der Waals surface area (Å²) < 4.78 is 10.1. The smallest absolute Gasteiger partial charge is 0.223 e. The lowest BCUT2D eigenvalue weighted by atomic mass is 10.1. The largest absolute Gasteiger partial charge is 0.361 e. The molecule has 6 saturated heterocycles. The number of ketones is 1. The van der Waals surface area contributed by atoms with Gasteiger partial charge >= 0.3 is 0 Å². The minimum absolute atomic E-state index is 0. The Kier molecular flexibility index (Phi) is 39.5. The summed E-state index contributed by atoms with van der Waals surface area (Å²) in [5.74, 6) is 2.33. The van der Waals surface area contributed by atoms with Crippen molar-refractivity contribution in [2.24, 2.45) is 0 Å². The summed E-state index contributed by atoms with van der Waals surface area (Å²) in [4.78, 5) is 55.6. The molecule has 0 bridgehead atoms. The van der Waals surface area contributed by atoms with E-state index in [0.717, 1.165) is 82.6 Å². The number of nitrogens with zero attached hydrogens (tertiary/aromatic N) is 14. The Hall–Kier alpha value is -5.76. The zero-order chi connectivity index (χ0) is 70.7. The number of hydrogen-bond acceptors (Lipinski definition) is 18. The third-order valence-corrected chi connectivity index (χ3v) is 21.1. The first kappa shape index (κ1) is 87.6. The van der Waals surface area contributed by atoms with Crippen LogP contribution in [0.3, 0.4) is 0 Å². The quantitative estimate of drug-likeness (QED) is 0.0745. The highest BCUT2D eigenvalue weighted by Crippen LogP contribution is 2.36. The van der Waals surface area contributed by atoms with Gasteiger partial charge in [-0.05, 0) is 189 Å². The molecule has 562 valence electrons. The molecule has 101 heavy (non-hydrogen) atoms. The summed E-state index contributed by atoms with van der Waals surface area (Å²) in [6.45, 7) is 47.4. The van der Waals surface area contributed by atoms with Gasteiger partial charge in [0, 0.05) is 169 Å². The minimum atomic E-state index is -0.142. The number of pyridine rings is 1. The maximum Gasteiger partial charge on any atom is 0.223 e. The van der Waals surface area contributed by atoms with Gasteiger partial charge in [-0.15, -0.1) is 11.3 Å². The maximum atomic E-state index is 12.2. The van der Waals surface area contributed by atoms with Crippen LogP contribution in [0, 0.1) is 25.2 Å². The molecule has 0 saturated carbocycles. The zero-order valence-corrected chi connectivity index (χ0v) is 63.5. The lowest BCUT2D eigenvalue weighted by Gasteiger charge is -2.40. The van der Waals surface area contributed by atoms with Crippen molar-refractivity contribution in [3.05, 3.63) is 152 Å². The molecule has 4 atom stereocenters. The summed E-state index contributed by atoms with van der Waals surface area (Å²) in [7, 11) is 0. The maximum absolute atomic E-state index is 12.2. The van der Waals surface area contributed by atoms with E-state index in [9.17, 15) is 14.9 Å². The molecule has 0 N–H and O–H groups in total. The Morgan fingerprint density at radius 3 is 1.62 bits per heavy atom. The van der Waals surface area contributed by atoms with Crippen molar-refractivity contribution in [3.63, 3.8) is 0 Å². The SMILES string of the molecule is C.C.C.CC(C)N1CCCC1c1cccs1.CC(C)N1CCN(C(=O)CCC(=O)c2cc(Cl)ccn2)CC1.CC(C)N1CCN(CCc2ccccc2)CC1.CC(C)N1CCN(Cc2ccccc2)C(C#N)C1.Cc1cc(C2CCCN2C(C)C)no1.Cc1nc(C2CCCN2C(C)C)no1. The fourth-order valence-electron chi connectivity index (χ4n) is 14.0. The summed E-state index contributed by atoms with van der Waals surface area (Å²) in [5.41, 5.74) is 4.17. The van der Waals surface area contributed by atoms with Crippen molar-refractivity contribution >= 4 is 34.6 Å². The van der Waals surface area contributed by atoms with E-state index in [1.54, 1.807) is 10.9 Å². The zero-order valence-electron chi connectivity index (χ0n) is 61.9. The van der Waals surface area contributed by atoms with Crippen LogP contribution < -0.4 is 0 Å². The lowest BCUT2D eigenvalue weighted by Crippen LogP contribution is -2.53. The predicted octanol–water partition coefficient (Wildman–Crippen LogP) is 16.3. The van der Waals surface area contributed by atoms with Crippen LogP contribution in [0.4, 0.5) is 0 Å². The van der Waals surface area contributed by atoms with Crippen LogP contribution in [-0.4, -0.2) is 217 Å². The number of benzene rings is 2. The molecule has 0 aliphatic carbocycles. The van der Waals surface area contributed by atoms with Crippen molar-refractivity contribution in [2.45, 2.75) is 244 Å². The monoisotopic (exact) mass is 1430 g/mol. The van der Waals surface area contributed by atoms with E-state index in [2.05, 4.69) is 227 Å². The number of piperazine rings is 3. The van der Waals surface area contributed by atoms with E-state index in [1.807, 2.05) is 36.2 Å². The molecule has 4 aromatic heterocycles. The molecule has 2 aromatic carbocycles. The number of nitriles is 1. The average molecular weight is 1430 g/mol. The van der Waals surface area contributed by atoms with Gasteiger partial charge in [0.2, 0.25) is 11.8 Å². The number of aryl methyl sites for hydroxylation is 2. The second-order valence-corrected chi connectivity index (χ2v) is 30.1. The van der Waals surface area contributed by atoms with E-state index in [0.29, 0.717) is 71.0 Å². The van der Waals surface area contributed by atoms with E-state index >= 15 is 0 Å². The van der Waals surface area contributed by atoms with Crippen LogP contribution in [-0.2, 0) is 17.8 Å². The number of Topliss-reactive ketones (excluding diaryl/α,β-unsaturated/α-hetero) is 1. The minimum Gasteiger partial charge on any atom is -0.361 e. The first-order valence-corrected chi connectivity index (χ1v) is 38.0. The number of aromatic nitrogens is 4. The van der Waals surface area contributed by atoms with Gasteiger partial charge in [-0.2, -0.15) is 10.2 Å². The summed E-state index contributed by atoms with van der Waals surface area (Å²) in [5, 5.41) is 20.1. The van der Waals surface area contributed by atoms with Crippen LogP contribution in [0.25, 0.3) is 0 Å². The Morgan fingerprint density at radius 1 is 0.584 bits per heavy atom. The Bertz CT molecular complexity index is 3170. The Balaban J connectivity index is 0.000000258. The molecule has 0 radical (unpaired) electrons. The number of likely N-dealkylation sites (tertiary alicyclic amines) is 3. The second kappa shape index (κ2) is 45.5. The molecule has 6 aliphatic rings. The van der Waals surface area contributed by atoms with E-state index < -0.39 is 0 Å². The lowest BCUT2D eigenvalue weighted by molar-refractivity contribution is -0.133. The first-order valence-electron chi connectivity index (χ1n) is 36.7. The van der Waals surface area contributed by atoms with Crippen LogP contribution in [0.15, 0.2) is 112 Å². The molecular formula is C81H131ClN14O4S. The highest BCUT2D eigenvalue weighted by atomic mass is 35.5. The van der Waals surface area contributed by atoms with Crippen molar-refractivity contribution < 1.29 is 18.6 Å². The molecule has 4 unspecified atom stereocenters. The molecule has 6 aromatic rings. The van der Waals surface area contributed by atoms with Crippen LogP contribution in [0.1, 0.15) is 225 Å². The Labute approximate surface area is 620 Å². The van der Waals surface area contributed by atoms with Crippen molar-refractivity contribution in [1.82, 2.24) is 64.4 Å². The van der Waals surface area contributed by atoms with Crippen LogP contribution in [0.5, 0.6) is 0 Å². The highest BCUT2D eigenvalue weighted by molar-refractivity contribution is 7.10. The van der Waals surface area contributed by atoms with Gasteiger partial charge in [-0.3, -0.25) is 48.9 Å². The third kappa shape index (κ3) is 28.3. The van der Waals surface area contributed by atoms with Crippen LogP contribution in [0.2, 0.25) is 5.02 Å². The third-order valence-electron chi connectivity index (χ3n) is 19.9. The van der Waals surface area contributed by atoms with Crippen LogP contribution >= 0.6 is 22.9 Å². The number of halogens is 1. The normalized spacial score (nSPS) is 20.3. The van der Waals surface area contributed by atoms with Gasteiger partial charge in [0.1, 0.15) is 23.2 Å². The molecule has 6 fully saturated rings. The molecular weight excluding hydrogens is 1300 g/mol. The first-order chi connectivity index (χ1) is 47.1. The molecule has 12 rings (SSSR count). The summed E-state index contributed by atoms with van der Waals surface area (Å²) >= 11 is 7.74. The number of carbonyl (C=O) groups excluding carboxylic acids is 2. The van der Waals surface area contributed by atoms with Gasteiger partial charge < -0.3 is 18.8 Å². The van der Waals surface area contributed by atoms with Gasteiger partial charge in [0.15, 0.2) is 11.6 Å². The van der Waals surface area contributed by atoms with E-state index in [4.69, 9.17) is 20.6 Å². The highest BCUT2D eigenvalue weighted by Gasteiger charge is 2.33. The van der Waals surface area contributed by atoms with Crippen molar-refractivity contribution in [1.29, 1.82) is 5.26 Å². The molecule has 1 amide bonds. The van der Waals surface area contributed by atoms with Gasteiger partial charge in [0.05, 0.1) is 18.2 Å². The van der Waals surface area contributed by atoms with E-state index in [1.165, 1.54) is 108 Å². The molecule has 0 spiro atoms. The molecule has 6 aliphatic heterocycles. The number of amides is 1. The summed E-state index contributed by atoms with van der Waals surface area (Å²) in [6.07, 6.45) is 10.7. The number of thiophene rings is 1. The van der Waals surface area contributed by atoms with Gasteiger partial charge in [0.25, 0.3) is 0 Å². The van der Waals surface area contributed by atoms with Gasteiger partial charge in [-0.1, -0.05) is 111 Å². The molecule has 10 heterocycles. The fraction of sp³-hybridized carbons (Fsp3) is 0.642. The topological polar surface area (TPSA) is 165 Å². The Morgan fingerprint density at radius 2 is 1.12 bits per heavy atom. The summed E-state index contributed by atoms with van der Waals surface area (Å²) in [6, 6.07) is 38.5. The van der Waals surface area contributed by atoms with Crippen molar-refractivity contribution in [3.8, 4) is 6.07 Å². The predicted molar refractivity (Wildman–Crippen MR) is 419 cm³/mol. The second-order valence-electron chi connectivity index (χ2n) is 28.7. The fourth-order valence-corrected chi connectivity index (χ4v) is 15.1. The van der Waals surface area contributed by atoms with E-state index in [-0.39, 0.29) is 52.9 Å². The number of carbonyl (C=O) groups is 2.